The van der Waals surface area contributed by atoms with Gasteiger partial charge < -0.3 is 10.6 Å². The number of para-hydroxylation sites is 1. The molecule has 1 atom stereocenters. The smallest absolute Gasteiger partial charge is 0.321 e. The molecule has 4 amide bonds. The molecule has 1 unspecified atom stereocenters. The van der Waals surface area contributed by atoms with Gasteiger partial charge in [-0.05, 0) is 88.2 Å². The Bertz CT molecular complexity index is 961. The van der Waals surface area contributed by atoms with Crippen LogP contribution in [0.2, 0.25) is 0 Å². The van der Waals surface area contributed by atoms with E-state index in [4.69, 9.17) is 0 Å². The van der Waals surface area contributed by atoms with Crippen LogP contribution in [0.5, 0.6) is 0 Å². The fraction of sp³-hybridized carbons (Fsp3) is 0.679. The third-order valence-electron chi connectivity index (χ3n) is 9.10. The van der Waals surface area contributed by atoms with Crippen LogP contribution in [-0.2, 0) is 9.59 Å². The molecule has 1 heterocycles. The van der Waals surface area contributed by atoms with Gasteiger partial charge in [0, 0.05) is 37.4 Å². The lowest BCUT2D eigenvalue weighted by Gasteiger charge is -2.56. The van der Waals surface area contributed by atoms with E-state index in [0.29, 0.717) is 32.7 Å². The van der Waals surface area contributed by atoms with Crippen molar-refractivity contribution in [1.82, 2.24) is 20.4 Å². The molecule has 196 valence electrons. The van der Waals surface area contributed by atoms with Crippen LogP contribution in [0.1, 0.15) is 56.6 Å². The summed E-state index contributed by atoms with van der Waals surface area (Å²) in [6.07, 6.45) is 7.15. The Morgan fingerprint density at radius 2 is 1.50 bits per heavy atom. The van der Waals surface area contributed by atoms with Gasteiger partial charge in [0.05, 0.1) is 12.6 Å². The largest absolute Gasteiger partial charge is 0.332 e. The lowest BCUT2D eigenvalue weighted by atomic mass is 9.53. The van der Waals surface area contributed by atoms with Gasteiger partial charge in [-0.1, -0.05) is 18.2 Å². The first kappa shape index (κ1) is 25.2. The van der Waals surface area contributed by atoms with Crippen molar-refractivity contribution in [1.29, 1.82) is 0 Å². The summed E-state index contributed by atoms with van der Waals surface area (Å²) in [6, 6.07) is 5.26. The van der Waals surface area contributed by atoms with E-state index in [2.05, 4.69) is 25.8 Å². The maximum absolute atomic E-state index is 12.9. The zero-order valence-electron chi connectivity index (χ0n) is 21.9. The Morgan fingerprint density at radius 1 is 0.944 bits per heavy atom. The summed E-state index contributed by atoms with van der Waals surface area (Å²) >= 11 is 0. The fourth-order valence-corrected chi connectivity index (χ4v) is 7.62. The van der Waals surface area contributed by atoms with E-state index in [0.717, 1.165) is 53.8 Å². The number of hydrogen-bond acceptors (Lipinski definition) is 5. The van der Waals surface area contributed by atoms with Crippen molar-refractivity contribution in [3.63, 3.8) is 0 Å². The highest BCUT2D eigenvalue weighted by atomic mass is 16.2. The number of amides is 4. The average Bonchev–Trinajstić information content (AvgIpc) is 2.80. The van der Waals surface area contributed by atoms with E-state index in [1.807, 2.05) is 39.0 Å². The minimum absolute atomic E-state index is 0.0204. The van der Waals surface area contributed by atoms with Crippen molar-refractivity contribution >= 4 is 23.5 Å². The molecular weight excluding hydrogens is 454 g/mol. The SMILES string of the molecule is Cc1cccc(C)c1NC(=O)CN1CCN(C(C)C(=O)NC(=O)NC23CC4CC(CC(C4)C2)C3)CC1. The topological polar surface area (TPSA) is 93.8 Å². The number of nitrogens with zero attached hydrogens (tertiary/aromatic N) is 2. The van der Waals surface area contributed by atoms with Gasteiger partial charge in [0.25, 0.3) is 0 Å². The van der Waals surface area contributed by atoms with Crippen LogP contribution in [0.25, 0.3) is 0 Å². The summed E-state index contributed by atoms with van der Waals surface area (Å²) in [4.78, 5) is 42.5. The molecule has 5 aliphatic rings. The van der Waals surface area contributed by atoms with E-state index in [-0.39, 0.29) is 23.4 Å². The van der Waals surface area contributed by atoms with Crippen LogP contribution in [0.15, 0.2) is 18.2 Å². The molecule has 1 aromatic rings. The number of anilines is 1. The number of rotatable bonds is 6. The van der Waals surface area contributed by atoms with Crippen molar-refractivity contribution in [3.05, 3.63) is 29.3 Å². The van der Waals surface area contributed by atoms with Crippen molar-refractivity contribution in [2.45, 2.75) is 70.9 Å². The Labute approximate surface area is 214 Å². The maximum atomic E-state index is 12.9. The Balaban J connectivity index is 1.06. The lowest BCUT2D eigenvalue weighted by Crippen LogP contribution is -2.63. The van der Waals surface area contributed by atoms with E-state index < -0.39 is 6.04 Å². The van der Waals surface area contributed by atoms with Gasteiger partial charge in [0.1, 0.15) is 0 Å². The summed E-state index contributed by atoms with van der Waals surface area (Å²) in [7, 11) is 0. The first-order chi connectivity index (χ1) is 17.2. The number of nitrogens with one attached hydrogen (secondary N) is 3. The molecule has 1 aromatic carbocycles. The molecule has 36 heavy (non-hydrogen) atoms. The van der Waals surface area contributed by atoms with Crippen molar-refractivity contribution in [3.8, 4) is 0 Å². The maximum Gasteiger partial charge on any atom is 0.321 e. The number of imide groups is 1. The van der Waals surface area contributed by atoms with Crippen LogP contribution in [0.4, 0.5) is 10.5 Å². The highest BCUT2D eigenvalue weighted by Crippen LogP contribution is 2.55. The predicted molar refractivity (Wildman–Crippen MR) is 140 cm³/mol. The predicted octanol–water partition coefficient (Wildman–Crippen LogP) is 3.04. The monoisotopic (exact) mass is 495 g/mol. The molecule has 4 saturated carbocycles. The van der Waals surface area contributed by atoms with Gasteiger partial charge in [-0.25, -0.2) is 4.79 Å². The highest BCUT2D eigenvalue weighted by Gasteiger charge is 2.51. The number of carbonyl (C=O) groups is 3. The normalized spacial score (nSPS) is 30.6. The summed E-state index contributed by atoms with van der Waals surface area (Å²) in [6.45, 7) is 8.96. The Morgan fingerprint density at radius 3 is 2.06 bits per heavy atom. The molecule has 6 rings (SSSR count). The number of piperazine rings is 1. The van der Waals surface area contributed by atoms with Gasteiger partial charge in [-0.2, -0.15) is 0 Å². The minimum Gasteiger partial charge on any atom is -0.332 e. The number of benzene rings is 1. The number of carbonyl (C=O) groups excluding carboxylic acids is 3. The van der Waals surface area contributed by atoms with E-state index in [1.165, 1.54) is 19.3 Å². The van der Waals surface area contributed by atoms with Crippen molar-refractivity contribution in [2.24, 2.45) is 17.8 Å². The Hall–Kier alpha value is -2.45. The third-order valence-corrected chi connectivity index (χ3v) is 9.10. The molecule has 4 bridgehead atoms. The Kier molecular flexibility index (Phi) is 7.10. The zero-order valence-corrected chi connectivity index (χ0v) is 21.9. The van der Waals surface area contributed by atoms with Gasteiger partial charge in [-0.3, -0.25) is 24.7 Å². The van der Waals surface area contributed by atoms with E-state index in [9.17, 15) is 14.4 Å². The number of aryl methyl sites for hydroxylation is 2. The molecule has 4 aliphatic carbocycles. The van der Waals surface area contributed by atoms with Crippen LogP contribution in [0, 0.1) is 31.6 Å². The third kappa shape index (κ3) is 5.44. The minimum atomic E-state index is -0.391. The van der Waals surface area contributed by atoms with Crippen LogP contribution in [-0.4, -0.2) is 71.9 Å². The second-order valence-corrected chi connectivity index (χ2v) is 11.9. The van der Waals surface area contributed by atoms with E-state index >= 15 is 0 Å². The fourth-order valence-electron chi connectivity index (χ4n) is 7.62. The summed E-state index contributed by atoms with van der Waals surface area (Å²) in [5.41, 5.74) is 2.89. The summed E-state index contributed by atoms with van der Waals surface area (Å²) in [5, 5.41) is 8.90. The lowest BCUT2D eigenvalue weighted by molar-refractivity contribution is -0.126. The second kappa shape index (κ2) is 10.1. The molecule has 0 aromatic heterocycles. The highest BCUT2D eigenvalue weighted by molar-refractivity contribution is 5.97. The molecular formula is C28H41N5O3. The average molecular weight is 496 g/mol. The molecule has 8 heteroatoms. The number of hydrogen-bond donors (Lipinski definition) is 3. The molecule has 8 nitrogen and oxygen atoms in total. The molecule has 0 spiro atoms. The van der Waals surface area contributed by atoms with Crippen LogP contribution in [0.3, 0.4) is 0 Å². The molecule has 1 saturated heterocycles. The number of urea groups is 1. The first-order valence-electron chi connectivity index (χ1n) is 13.7. The second-order valence-electron chi connectivity index (χ2n) is 11.9. The van der Waals surface area contributed by atoms with Gasteiger partial charge in [0.2, 0.25) is 11.8 Å². The molecule has 3 N–H and O–H groups in total. The zero-order chi connectivity index (χ0) is 25.4. The quantitative estimate of drug-likeness (QED) is 0.564. The van der Waals surface area contributed by atoms with Crippen molar-refractivity contribution < 1.29 is 14.4 Å². The molecule has 1 aliphatic heterocycles. The van der Waals surface area contributed by atoms with Gasteiger partial charge in [0.15, 0.2) is 0 Å². The van der Waals surface area contributed by atoms with E-state index in [1.54, 1.807) is 0 Å². The molecule has 0 radical (unpaired) electrons. The van der Waals surface area contributed by atoms with Crippen LogP contribution < -0.4 is 16.0 Å². The first-order valence-corrected chi connectivity index (χ1v) is 13.7. The summed E-state index contributed by atoms with van der Waals surface area (Å²) < 4.78 is 0. The van der Waals surface area contributed by atoms with Crippen LogP contribution >= 0.6 is 0 Å². The molecule has 5 fully saturated rings. The van der Waals surface area contributed by atoms with Gasteiger partial charge >= 0.3 is 6.03 Å². The summed E-state index contributed by atoms with van der Waals surface area (Å²) in [5.74, 6) is 1.95. The van der Waals surface area contributed by atoms with Gasteiger partial charge in [-0.15, -0.1) is 0 Å². The standard InChI is InChI=1S/C28H41N5O3/c1-18-5-4-6-19(2)25(18)29-24(34)17-32-7-9-33(10-8-32)20(3)26(35)30-27(36)31-28-14-21-11-22(15-28)13-23(12-21)16-28/h4-6,20-23H,7-17H2,1-3H3,(H,29,34)(H2,30,31,35,36). The van der Waals surface area contributed by atoms with Crippen molar-refractivity contribution in [2.75, 3.05) is 38.0 Å².